The van der Waals surface area contributed by atoms with Gasteiger partial charge in [-0.3, -0.25) is 4.79 Å². The van der Waals surface area contributed by atoms with Gasteiger partial charge in [0.15, 0.2) is 0 Å². The highest BCUT2D eigenvalue weighted by molar-refractivity contribution is 7.99. The lowest BCUT2D eigenvalue weighted by Crippen LogP contribution is -2.26. The summed E-state index contributed by atoms with van der Waals surface area (Å²) < 4.78 is 5.45. The Hall–Kier alpha value is -2.14. The smallest absolute Gasteiger partial charge is 0.222 e. The van der Waals surface area contributed by atoms with E-state index in [1.165, 1.54) is 0 Å². The summed E-state index contributed by atoms with van der Waals surface area (Å²) >= 11 is 1.69. The van der Waals surface area contributed by atoms with Crippen molar-refractivity contribution in [1.82, 2.24) is 4.90 Å². The molecule has 25 heavy (non-hydrogen) atoms. The fourth-order valence-electron chi connectivity index (χ4n) is 2.62. The fourth-order valence-corrected chi connectivity index (χ4v) is 3.47. The first kappa shape index (κ1) is 19.2. The molecule has 0 aromatic heterocycles. The van der Waals surface area contributed by atoms with E-state index >= 15 is 0 Å². The van der Waals surface area contributed by atoms with Gasteiger partial charge in [-0.1, -0.05) is 18.2 Å². The van der Waals surface area contributed by atoms with Gasteiger partial charge in [0.25, 0.3) is 0 Å². The van der Waals surface area contributed by atoms with Gasteiger partial charge in [-0.2, -0.15) is 0 Å². The lowest BCUT2D eigenvalue weighted by molar-refractivity contribution is -0.130. The van der Waals surface area contributed by atoms with Crippen LogP contribution in [0.5, 0.6) is 11.5 Å². The van der Waals surface area contributed by atoms with E-state index in [9.17, 15) is 9.90 Å². The number of aryl methyl sites for hydroxylation is 1. The molecule has 0 unspecified atom stereocenters. The number of thioether (sulfide) groups is 1. The Morgan fingerprint density at radius 1 is 1.20 bits per heavy atom. The summed E-state index contributed by atoms with van der Waals surface area (Å²) in [5.41, 5.74) is 2.10. The molecule has 0 aliphatic rings. The molecule has 0 atom stereocenters. The summed E-state index contributed by atoms with van der Waals surface area (Å²) in [7, 11) is 3.49. The van der Waals surface area contributed by atoms with E-state index in [0.717, 1.165) is 33.9 Å². The van der Waals surface area contributed by atoms with Crippen LogP contribution in [-0.2, 0) is 11.3 Å². The van der Waals surface area contributed by atoms with E-state index in [4.69, 9.17) is 4.74 Å². The zero-order valence-corrected chi connectivity index (χ0v) is 15.8. The van der Waals surface area contributed by atoms with Crippen LogP contribution in [0.4, 0.5) is 0 Å². The molecule has 0 aliphatic heterocycles. The molecule has 0 radical (unpaired) electrons. The summed E-state index contributed by atoms with van der Waals surface area (Å²) in [5, 5.41) is 9.27. The Bertz CT molecular complexity index is 701. The number of rotatable bonds is 8. The highest BCUT2D eigenvalue weighted by Gasteiger charge is 2.13. The molecule has 4 nitrogen and oxygen atoms in total. The number of hydrogen-bond donors (Lipinski definition) is 1. The van der Waals surface area contributed by atoms with Gasteiger partial charge in [-0.25, -0.2) is 0 Å². The number of benzene rings is 2. The Balaban J connectivity index is 1.78. The third-order valence-electron chi connectivity index (χ3n) is 3.97. The van der Waals surface area contributed by atoms with Gasteiger partial charge in [0, 0.05) is 30.5 Å². The van der Waals surface area contributed by atoms with Crippen molar-refractivity contribution in [3.8, 4) is 11.5 Å². The molecular weight excluding hydrogens is 334 g/mol. The van der Waals surface area contributed by atoms with Crippen LogP contribution >= 0.6 is 11.8 Å². The Labute approximate surface area is 153 Å². The van der Waals surface area contributed by atoms with Gasteiger partial charge in [-0.05, 0) is 48.9 Å². The Morgan fingerprint density at radius 3 is 2.60 bits per heavy atom. The third kappa shape index (κ3) is 5.71. The van der Waals surface area contributed by atoms with Crippen molar-refractivity contribution >= 4 is 17.7 Å². The molecule has 0 saturated heterocycles. The summed E-state index contributed by atoms with van der Waals surface area (Å²) in [6.07, 6.45) is 1.34. The van der Waals surface area contributed by atoms with Crippen LogP contribution in [0.3, 0.4) is 0 Å². The molecule has 0 aliphatic carbocycles. The first-order chi connectivity index (χ1) is 12.0. The molecule has 2 rings (SSSR count). The van der Waals surface area contributed by atoms with Crippen molar-refractivity contribution in [1.29, 1.82) is 0 Å². The number of amides is 1. The number of aromatic hydroxyl groups is 1. The minimum Gasteiger partial charge on any atom is -0.508 e. The summed E-state index contributed by atoms with van der Waals surface area (Å²) in [4.78, 5) is 15.2. The van der Waals surface area contributed by atoms with Crippen LogP contribution in [-0.4, -0.2) is 35.8 Å². The molecular formula is C20H25NO3S. The Morgan fingerprint density at radius 2 is 1.92 bits per heavy atom. The number of hydrogen-bond acceptors (Lipinski definition) is 4. The molecule has 2 aromatic carbocycles. The molecule has 1 amide bonds. The number of ether oxygens (including phenoxy) is 1. The van der Waals surface area contributed by atoms with Crippen molar-refractivity contribution in [3.63, 3.8) is 0 Å². The predicted molar refractivity (Wildman–Crippen MR) is 102 cm³/mol. The van der Waals surface area contributed by atoms with E-state index in [-0.39, 0.29) is 11.7 Å². The molecule has 134 valence electrons. The average molecular weight is 359 g/mol. The normalized spacial score (nSPS) is 10.5. The second kappa shape index (κ2) is 9.37. The van der Waals surface area contributed by atoms with Gasteiger partial charge >= 0.3 is 0 Å². The van der Waals surface area contributed by atoms with E-state index in [0.29, 0.717) is 13.0 Å². The maximum atomic E-state index is 12.3. The molecule has 0 saturated carbocycles. The van der Waals surface area contributed by atoms with Crippen molar-refractivity contribution in [2.24, 2.45) is 0 Å². The van der Waals surface area contributed by atoms with Crippen molar-refractivity contribution < 1.29 is 14.6 Å². The van der Waals surface area contributed by atoms with Crippen molar-refractivity contribution in [2.45, 2.75) is 31.2 Å². The average Bonchev–Trinajstić information content (AvgIpc) is 2.60. The van der Waals surface area contributed by atoms with Crippen LogP contribution in [0, 0.1) is 6.92 Å². The van der Waals surface area contributed by atoms with Crippen LogP contribution in [0.1, 0.15) is 24.0 Å². The molecule has 0 heterocycles. The van der Waals surface area contributed by atoms with E-state index in [1.807, 2.05) is 44.3 Å². The lowest BCUT2D eigenvalue weighted by atomic mass is 10.1. The summed E-state index contributed by atoms with van der Waals surface area (Å²) in [5.74, 6) is 2.13. The van der Waals surface area contributed by atoms with Crippen LogP contribution in [0.25, 0.3) is 0 Å². The molecule has 0 bridgehead atoms. The van der Waals surface area contributed by atoms with Gasteiger partial charge in [0.05, 0.1) is 7.11 Å². The second-order valence-corrected chi connectivity index (χ2v) is 7.13. The zero-order chi connectivity index (χ0) is 18.2. The highest BCUT2D eigenvalue weighted by atomic mass is 32.2. The predicted octanol–water partition coefficient (Wildman–Crippen LogP) is 4.24. The first-order valence-electron chi connectivity index (χ1n) is 8.29. The molecule has 0 spiro atoms. The molecule has 0 fully saturated rings. The highest BCUT2D eigenvalue weighted by Crippen LogP contribution is 2.25. The number of para-hydroxylation sites is 1. The van der Waals surface area contributed by atoms with Crippen LogP contribution in [0.15, 0.2) is 47.4 Å². The maximum Gasteiger partial charge on any atom is 0.222 e. The number of carbonyl (C=O) groups excluding carboxylic acids is 1. The number of methoxy groups -OCH3 is 1. The van der Waals surface area contributed by atoms with Gasteiger partial charge in [0.2, 0.25) is 5.91 Å². The van der Waals surface area contributed by atoms with Gasteiger partial charge in [0.1, 0.15) is 11.5 Å². The van der Waals surface area contributed by atoms with Gasteiger partial charge < -0.3 is 14.7 Å². The number of nitrogens with zero attached hydrogens (tertiary/aromatic N) is 1. The third-order valence-corrected chi connectivity index (χ3v) is 5.07. The summed E-state index contributed by atoms with van der Waals surface area (Å²) in [6, 6.07) is 13.1. The minimum atomic E-state index is 0.134. The molecule has 5 heteroatoms. The topological polar surface area (TPSA) is 49.8 Å². The van der Waals surface area contributed by atoms with Gasteiger partial charge in [-0.15, -0.1) is 11.8 Å². The van der Waals surface area contributed by atoms with E-state index < -0.39 is 0 Å². The van der Waals surface area contributed by atoms with E-state index in [2.05, 4.69) is 0 Å². The molecule has 2 aromatic rings. The lowest BCUT2D eigenvalue weighted by Gasteiger charge is -2.19. The van der Waals surface area contributed by atoms with Crippen LogP contribution in [0.2, 0.25) is 0 Å². The minimum absolute atomic E-state index is 0.134. The molecule has 1 N–H and O–H groups in total. The van der Waals surface area contributed by atoms with Crippen molar-refractivity contribution in [2.75, 3.05) is 19.9 Å². The Kier molecular flexibility index (Phi) is 7.19. The standard InChI is InChI=1S/C20H25NO3S/c1-15-6-4-7-16(20(15)24-3)14-21(2)19(23)8-5-13-25-18-11-9-17(22)10-12-18/h4,6-7,9-12,22H,5,8,13-14H2,1-3H3. The number of phenolic OH excluding ortho intramolecular Hbond substituents is 1. The second-order valence-electron chi connectivity index (χ2n) is 5.96. The fraction of sp³-hybridized carbons (Fsp3) is 0.350. The first-order valence-corrected chi connectivity index (χ1v) is 9.28. The van der Waals surface area contributed by atoms with E-state index in [1.54, 1.807) is 35.9 Å². The summed E-state index contributed by atoms with van der Waals surface area (Å²) in [6.45, 7) is 2.56. The monoisotopic (exact) mass is 359 g/mol. The number of carbonyl (C=O) groups is 1. The SMILES string of the molecule is COc1c(C)cccc1CN(C)C(=O)CCCSc1ccc(O)cc1. The quantitative estimate of drug-likeness (QED) is 0.566. The number of phenols is 1. The largest absolute Gasteiger partial charge is 0.508 e. The van der Waals surface area contributed by atoms with Crippen LogP contribution < -0.4 is 4.74 Å². The maximum absolute atomic E-state index is 12.3. The van der Waals surface area contributed by atoms with Crippen molar-refractivity contribution in [3.05, 3.63) is 53.6 Å². The zero-order valence-electron chi connectivity index (χ0n) is 15.0.